The fraction of sp³-hybridized carbons (Fsp3) is 0.130. The Hall–Kier alpha value is -3.23. The Balaban J connectivity index is 1.88. The van der Waals surface area contributed by atoms with Crippen LogP contribution in [-0.2, 0) is 14.8 Å². The van der Waals surface area contributed by atoms with E-state index in [1.807, 2.05) is 6.92 Å². The molecule has 32 heavy (non-hydrogen) atoms. The maximum atomic E-state index is 13.8. The highest BCUT2D eigenvalue weighted by Crippen LogP contribution is 2.26. The SMILES string of the molecule is Cc1ccc(S(=O)(=O)N(CC(=O)N/N=C/c2c(F)cccc2Cl)c2ccccc2C)cc1. The number of halogens is 2. The number of sulfonamides is 1. The number of hydrazone groups is 1. The van der Waals surface area contributed by atoms with Crippen LogP contribution in [0.2, 0.25) is 5.02 Å². The molecule has 9 heteroatoms. The average Bonchev–Trinajstić information content (AvgIpc) is 2.75. The van der Waals surface area contributed by atoms with Crippen LogP contribution in [0.15, 0.2) is 76.7 Å². The van der Waals surface area contributed by atoms with Gasteiger partial charge in [-0.25, -0.2) is 18.2 Å². The number of carbonyl (C=O) groups excluding carboxylic acids is 1. The van der Waals surface area contributed by atoms with E-state index in [1.54, 1.807) is 43.3 Å². The average molecular weight is 474 g/mol. The quantitative estimate of drug-likeness (QED) is 0.407. The van der Waals surface area contributed by atoms with Crippen LogP contribution in [0.1, 0.15) is 16.7 Å². The third kappa shape index (κ3) is 5.33. The first-order valence-corrected chi connectivity index (χ1v) is 11.4. The first kappa shape index (κ1) is 23.4. The molecule has 0 heterocycles. The van der Waals surface area contributed by atoms with E-state index in [-0.39, 0.29) is 15.5 Å². The summed E-state index contributed by atoms with van der Waals surface area (Å²) in [7, 11) is -4.04. The monoisotopic (exact) mass is 473 g/mol. The van der Waals surface area contributed by atoms with Crippen molar-refractivity contribution in [3.63, 3.8) is 0 Å². The number of amides is 1. The molecule has 1 N–H and O–H groups in total. The van der Waals surface area contributed by atoms with Crippen molar-refractivity contribution in [3.8, 4) is 0 Å². The number of para-hydroxylation sites is 1. The normalized spacial score (nSPS) is 11.5. The van der Waals surface area contributed by atoms with Crippen molar-refractivity contribution in [2.45, 2.75) is 18.7 Å². The van der Waals surface area contributed by atoms with Crippen LogP contribution in [0.4, 0.5) is 10.1 Å². The van der Waals surface area contributed by atoms with E-state index in [4.69, 9.17) is 11.6 Å². The molecule has 166 valence electrons. The van der Waals surface area contributed by atoms with Crippen molar-refractivity contribution in [2.24, 2.45) is 5.10 Å². The minimum atomic E-state index is -4.04. The van der Waals surface area contributed by atoms with Gasteiger partial charge in [-0.3, -0.25) is 9.10 Å². The number of hydrogen-bond donors (Lipinski definition) is 1. The smallest absolute Gasteiger partial charge is 0.264 e. The summed E-state index contributed by atoms with van der Waals surface area (Å²) < 4.78 is 41.6. The van der Waals surface area contributed by atoms with Crippen LogP contribution in [0.25, 0.3) is 0 Å². The van der Waals surface area contributed by atoms with E-state index < -0.39 is 28.3 Å². The molecule has 0 unspecified atom stereocenters. The fourth-order valence-electron chi connectivity index (χ4n) is 2.95. The number of nitrogens with zero attached hydrogens (tertiary/aromatic N) is 2. The summed E-state index contributed by atoms with van der Waals surface area (Å²) in [6, 6.07) is 17.3. The van der Waals surface area contributed by atoms with Crippen LogP contribution in [-0.4, -0.2) is 27.1 Å². The van der Waals surface area contributed by atoms with Gasteiger partial charge < -0.3 is 0 Å². The van der Waals surface area contributed by atoms with Gasteiger partial charge in [0, 0.05) is 5.56 Å². The van der Waals surface area contributed by atoms with E-state index in [2.05, 4.69) is 10.5 Å². The minimum Gasteiger partial charge on any atom is -0.271 e. The number of carbonyl (C=O) groups is 1. The highest BCUT2D eigenvalue weighted by Gasteiger charge is 2.28. The lowest BCUT2D eigenvalue weighted by molar-refractivity contribution is -0.119. The van der Waals surface area contributed by atoms with Gasteiger partial charge in [-0.05, 0) is 49.7 Å². The van der Waals surface area contributed by atoms with Crippen molar-refractivity contribution in [1.29, 1.82) is 0 Å². The number of rotatable bonds is 7. The van der Waals surface area contributed by atoms with Crippen LogP contribution in [0.5, 0.6) is 0 Å². The fourth-order valence-corrected chi connectivity index (χ4v) is 4.65. The lowest BCUT2D eigenvalue weighted by atomic mass is 10.2. The summed E-state index contributed by atoms with van der Waals surface area (Å²) in [6.07, 6.45) is 1.07. The molecule has 6 nitrogen and oxygen atoms in total. The lowest BCUT2D eigenvalue weighted by Crippen LogP contribution is -2.40. The zero-order valence-electron chi connectivity index (χ0n) is 17.4. The van der Waals surface area contributed by atoms with E-state index in [9.17, 15) is 17.6 Å². The number of benzene rings is 3. The number of anilines is 1. The third-order valence-electron chi connectivity index (χ3n) is 4.66. The number of nitrogens with one attached hydrogen (secondary N) is 1. The summed E-state index contributed by atoms with van der Waals surface area (Å²) in [6.45, 7) is 3.08. The number of hydrogen-bond acceptors (Lipinski definition) is 4. The molecule has 0 atom stereocenters. The van der Waals surface area contributed by atoms with Crippen molar-refractivity contribution < 1.29 is 17.6 Å². The second-order valence-corrected chi connectivity index (χ2v) is 9.31. The molecular formula is C23H21ClFN3O3S. The van der Waals surface area contributed by atoms with Gasteiger partial charge >= 0.3 is 0 Å². The summed E-state index contributed by atoms with van der Waals surface area (Å²) in [5, 5.41) is 3.86. The van der Waals surface area contributed by atoms with Crippen LogP contribution >= 0.6 is 11.6 Å². The van der Waals surface area contributed by atoms with Gasteiger partial charge in [0.05, 0.1) is 21.8 Å². The van der Waals surface area contributed by atoms with E-state index >= 15 is 0 Å². The molecule has 0 aliphatic carbocycles. The molecule has 3 aromatic rings. The van der Waals surface area contributed by atoms with Gasteiger partial charge in [0.25, 0.3) is 15.9 Å². The van der Waals surface area contributed by atoms with Crippen molar-refractivity contribution >= 4 is 39.4 Å². The van der Waals surface area contributed by atoms with E-state index in [1.165, 1.54) is 30.3 Å². The molecule has 0 bridgehead atoms. The largest absolute Gasteiger partial charge is 0.271 e. The molecular weight excluding hydrogens is 453 g/mol. The summed E-state index contributed by atoms with van der Waals surface area (Å²) in [5.74, 6) is -1.30. The maximum absolute atomic E-state index is 13.8. The molecule has 3 rings (SSSR count). The summed E-state index contributed by atoms with van der Waals surface area (Å²) in [4.78, 5) is 12.6. The minimum absolute atomic E-state index is 0.0116. The molecule has 0 fully saturated rings. The van der Waals surface area contributed by atoms with Gasteiger partial charge in [-0.1, -0.05) is 53.6 Å². The molecule has 0 aliphatic heterocycles. The van der Waals surface area contributed by atoms with Crippen molar-refractivity contribution in [1.82, 2.24) is 5.43 Å². The predicted molar refractivity (Wildman–Crippen MR) is 124 cm³/mol. The Morgan fingerprint density at radius 3 is 2.41 bits per heavy atom. The Morgan fingerprint density at radius 2 is 1.75 bits per heavy atom. The number of aryl methyl sites for hydroxylation is 2. The Morgan fingerprint density at radius 1 is 1.06 bits per heavy atom. The zero-order chi connectivity index (χ0) is 23.3. The van der Waals surface area contributed by atoms with E-state index in [0.717, 1.165) is 16.1 Å². The Labute approximate surface area is 191 Å². The van der Waals surface area contributed by atoms with Crippen molar-refractivity contribution in [2.75, 3.05) is 10.8 Å². The summed E-state index contributed by atoms with van der Waals surface area (Å²) in [5.41, 5.74) is 4.20. The molecule has 1 amide bonds. The maximum Gasteiger partial charge on any atom is 0.264 e. The van der Waals surface area contributed by atoms with Gasteiger partial charge in [0.15, 0.2) is 0 Å². The second-order valence-electron chi connectivity index (χ2n) is 7.04. The van der Waals surface area contributed by atoms with E-state index in [0.29, 0.717) is 11.3 Å². The Kier molecular flexibility index (Phi) is 7.27. The van der Waals surface area contributed by atoms with Gasteiger partial charge in [-0.15, -0.1) is 0 Å². The van der Waals surface area contributed by atoms with Gasteiger partial charge in [-0.2, -0.15) is 5.10 Å². The molecule has 0 radical (unpaired) electrons. The third-order valence-corrected chi connectivity index (χ3v) is 6.77. The molecule has 0 saturated carbocycles. The molecule has 3 aromatic carbocycles. The summed E-state index contributed by atoms with van der Waals surface area (Å²) >= 11 is 5.93. The topological polar surface area (TPSA) is 78.8 Å². The molecule has 0 saturated heterocycles. The second kappa shape index (κ2) is 9.93. The van der Waals surface area contributed by atoms with Crippen LogP contribution in [0, 0.1) is 19.7 Å². The highest BCUT2D eigenvalue weighted by molar-refractivity contribution is 7.92. The standard InChI is InChI=1S/C23H21ClFN3O3S/c1-16-10-12-18(13-11-16)32(30,31)28(22-9-4-3-6-17(22)2)15-23(29)27-26-14-19-20(24)7-5-8-21(19)25/h3-14H,15H2,1-2H3,(H,27,29)/b26-14+. The van der Waals surface area contributed by atoms with Crippen LogP contribution in [0.3, 0.4) is 0 Å². The van der Waals surface area contributed by atoms with Crippen LogP contribution < -0.4 is 9.73 Å². The molecule has 0 aromatic heterocycles. The highest BCUT2D eigenvalue weighted by atomic mass is 35.5. The van der Waals surface area contributed by atoms with Gasteiger partial charge in [0.2, 0.25) is 0 Å². The van der Waals surface area contributed by atoms with Crippen molar-refractivity contribution in [3.05, 3.63) is 94.3 Å². The first-order valence-electron chi connectivity index (χ1n) is 9.61. The Bertz CT molecular complexity index is 1240. The molecule has 0 spiro atoms. The first-order chi connectivity index (χ1) is 15.2. The molecule has 0 aliphatic rings. The zero-order valence-corrected chi connectivity index (χ0v) is 19.0. The van der Waals surface area contributed by atoms with Gasteiger partial charge in [0.1, 0.15) is 12.4 Å². The predicted octanol–water partition coefficient (Wildman–Crippen LogP) is 4.44. The lowest BCUT2D eigenvalue weighted by Gasteiger charge is -2.25.